The lowest BCUT2D eigenvalue weighted by molar-refractivity contribution is 0.0698. The van der Waals surface area contributed by atoms with Crippen LogP contribution in [0.3, 0.4) is 0 Å². The Balaban J connectivity index is 0.000000235. The highest BCUT2D eigenvalue weighted by atomic mass is 16.4. The van der Waals surface area contributed by atoms with Crippen LogP contribution >= 0.6 is 0 Å². The van der Waals surface area contributed by atoms with E-state index in [-0.39, 0.29) is 5.56 Å². The van der Waals surface area contributed by atoms with Gasteiger partial charge in [0.2, 0.25) is 0 Å². The average Bonchev–Trinajstić information content (AvgIpc) is 3.49. The smallest absolute Gasteiger partial charge is 0.337 e. The monoisotopic (exact) mass is 485 g/mol. The number of aromatic carboxylic acids is 1. The van der Waals surface area contributed by atoms with Crippen molar-refractivity contribution in [2.75, 3.05) is 24.3 Å². The van der Waals surface area contributed by atoms with E-state index in [4.69, 9.17) is 5.11 Å². The van der Waals surface area contributed by atoms with Crippen molar-refractivity contribution in [1.29, 1.82) is 0 Å². The molecule has 0 saturated heterocycles. The van der Waals surface area contributed by atoms with Crippen LogP contribution in [0.2, 0.25) is 0 Å². The molecule has 0 atom stereocenters. The van der Waals surface area contributed by atoms with Crippen molar-refractivity contribution in [2.24, 2.45) is 0 Å². The van der Waals surface area contributed by atoms with E-state index < -0.39 is 5.97 Å². The van der Waals surface area contributed by atoms with E-state index in [0.29, 0.717) is 5.69 Å². The number of fused-ring (bicyclic) bond motifs is 1. The Bertz CT molecular complexity index is 1240. The number of rotatable bonds is 5. The molecule has 0 unspecified atom stereocenters. The van der Waals surface area contributed by atoms with Crippen molar-refractivity contribution in [3.05, 3.63) is 96.1 Å². The van der Waals surface area contributed by atoms with Gasteiger partial charge >= 0.3 is 5.97 Å². The predicted octanol–water partition coefficient (Wildman–Crippen LogP) is 6.37. The molecule has 4 aromatic rings. The zero-order valence-corrected chi connectivity index (χ0v) is 21.5. The Hall–Kier alpha value is -4.13. The summed E-state index contributed by atoms with van der Waals surface area (Å²) in [6.45, 7) is 4.00. The molecule has 1 aliphatic carbocycles. The summed E-state index contributed by atoms with van der Waals surface area (Å²) < 4.78 is 1.88. The molecule has 0 saturated carbocycles. The molecule has 0 fully saturated rings. The van der Waals surface area contributed by atoms with Gasteiger partial charge in [0.15, 0.2) is 0 Å². The van der Waals surface area contributed by atoms with E-state index >= 15 is 0 Å². The Morgan fingerprint density at radius 2 is 1.67 bits per heavy atom. The van der Waals surface area contributed by atoms with Gasteiger partial charge in [-0.3, -0.25) is 4.98 Å². The summed E-state index contributed by atoms with van der Waals surface area (Å²) in [5.41, 5.74) is 7.35. The van der Waals surface area contributed by atoms with Crippen LogP contribution in [-0.2, 0) is 12.8 Å². The van der Waals surface area contributed by atoms with Crippen LogP contribution in [0.5, 0.6) is 0 Å². The third-order valence-corrected chi connectivity index (χ3v) is 6.05. The predicted molar refractivity (Wildman–Crippen MR) is 147 cm³/mol. The molecule has 2 N–H and O–H groups in total. The van der Waals surface area contributed by atoms with Gasteiger partial charge in [-0.1, -0.05) is 19.9 Å². The highest BCUT2D eigenvalue weighted by molar-refractivity contribution is 5.93. The van der Waals surface area contributed by atoms with Gasteiger partial charge < -0.3 is 15.3 Å². The summed E-state index contributed by atoms with van der Waals surface area (Å²) >= 11 is 0. The second-order valence-electron chi connectivity index (χ2n) is 8.16. The summed E-state index contributed by atoms with van der Waals surface area (Å²) in [5.74, 6) is -0.947. The van der Waals surface area contributed by atoms with Crippen molar-refractivity contribution in [2.45, 2.75) is 39.5 Å². The van der Waals surface area contributed by atoms with Gasteiger partial charge in [0.1, 0.15) is 0 Å². The largest absolute Gasteiger partial charge is 0.478 e. The number of aryl methyl sites for hydroxylation is 2. The first-order valence-electron chi connectivity index (χ1n) is 12.4. The first-order valence-corrected chi connectivity index (χ1v) is 12.4. The summed E-state index contributed by atoms with van der Waals surface area (Å²) in [6.07, 6.45) is 11.8. The van der Waals surface area contributed by atoms with Gasteiger partial charge in [0, 0.05) is 44.1 Å². The lowest BCUT2D eigenvalue weighted by atomic mass is 9.91. The Kier molecular flexibility index (Phi) is 9.63. The van der Waals surface area contributed by atoms with Gasteiger partial charge in [-0.2, -0.15) is 5.10 Å². The SMILES string of the molecule is CC.CN(c1ccc(-n2cccn2)cc1)c1ccc2c(c1)CCCC2.CNc1cnccc1C(=O)O. The topological polar surface area (TPSA) is 83.3 Å². The number of pyridine rings is 1. The Morgan fingerprint density at radius 1 is 0.972 bits per heavy atom. The van der Waals surface area contributed by atoms with Crippen LogP contribution in [0.4, 0.5) is 17.1 Å². The highest BCUT2D eigenvalue weighted by Gasteiger charge is 2.12. The fourth-order valence-electron chi connectivity index (χ4n) is 4.11. The number of carboxylic acids is 1. The van der Waals surface area contributed by atoms with Crippen LogP contribution in [0.15, 0.2) is 79.4 Å². The minimum atomic E-state index is -0.947. The van der Waals surface area contributed by atoms with Gasteiger partial charge in [-0.15, -0.1) is 0 Å². The van der Waals surface area contributed by atoms with Gasteiger partial charge in [-0.25, -0.2) is 9.48 Å². The fraction of sp³-hybridized carbons (Fsp3) is 0.276. The molecule has 2 heterocycles. The molecule has 188 valence electrons. The number of carboxylic acid groups (broad SMARTS) is 1. The van der Waals surface area contributed by atoms with Crippen molar-refractivity contribution >= 4 is 23.0 Å². The molecule has 0 aliphatic heterocycles. The molecular formula is C29H35N5O2. The molecule has 0 radical (unpaired) electrons. The molecule has 7 heteroatoms. The lowest BCUT2D eigenvalue weighted by Crippen LogP contribution is -2.11. The molecule has 2 aromatic carbocycles. The molecular weight excluding hydrogens is 450 g/mol. The summed E-state index contributed by atoms with van der Waals surface area (Å²) in [6, 6.07) is 18.8. The average molecular weight is 486 g/mol. The molecule has 0 spiro atoms. The van der Waals surface area contributed by atoms with Crippen LogP contribution in [0.25, 0.3) is 5.69 Å². The maximum atomic E-state index is 10.5. The van der Waals surface area contributed by atoms with Crippen molar-refractivity contribution < 1.29 is 9.90 Å². The van der Waals surface area contributed by atoms with Gasteiger partial charge in [-0.05, 0) is 85.3 Å². The molecule has 5 rings (SSSR count). The molecule has 2 aromatic heterocycles. The number of hydrogen-bond acceptors (Lipinski definition) is 5. The standard InChI is InChI=1S/C20H21N3.C7H8N2O2.C2H6/c1-22(20-8-7-16-5-2-3-6-17(16)15-20)18-9-11-19(12-10-18)23-14-4-13-21-23;1-8-6-4-9-3-2-5(6)7(10)11;1-2/h4,7-15H,2-3,5-6H2,1H3;2-4,8H,1H3,(H,10,11);1-2H3. The van der Waals surface area contributed by atoms with Crippen molar-refractivity contribution in [1.82, 2.24) is 14.8 Å². The zero-order valence-electron chi connectivity index (χ0n) is 21.5. The molecule has 7 nitrogen and oxygen atoms in total. The fourth-order valence-corrected chi connectivity index (χ4v) is 4.11. The van der Waals surface area contributed by atoms with Gasteiger partial charge in [0.25, 0.3) is 0 Å². The maximum absolute atomic E-state index is 10.5. The van der Waals surface area contributed by atoms with E-state index in [2.05, 4.69) is 69.8 Å². The number of nitrogens with one attached hydrogen (secondary N) is 1. The van der Waals surface area contributed by atoms with Crippen LogP contribution in [-0.4, -0.2) is 39.9 Å². The lowest BCUT2D eigenvalue weighted by Gasteiger charge is -2.23. The second-order valence-corrected chi connectivity index (χ2v) is 8.16. The summed E-state index contributed by atoms with van der Waals surface area (Å²) in [5, 5.41) is 15.6. The van der Waals surface area contributed by atoms with Crippen LogP contribution in [0, 0.1) is 0 Å². The number of benzene rings is 2. The number of hydrogen-bond donors (Lipinski definition) is 2. The minimum Gasteiger partial charge on any atom is -0.478 e. The molecule has 1 aliphatic rings. The molecule has 0 amide bonds. The number of carbonyl (C=O) groups is 1. The normalized spacial score (nSPS) is 11.7. The highest BCUT2D eigenvalue weighted by Crippen LogP contribution is 2.29. The molecule has 36 heavy (non-hydrogen) atoms. The van der Waals surface area contributed by atoms with E-state index in [1.54, 1.807) is 13.2 Å². The number of nitrogens with zero attached hydrogens (tertiary/aromatic N) is 4. The molecule has 0 bridgehead atoms. The third-order valence-electron chi connectivity index (χ3n) is 6.05. The second kappa shape index (κ2) is 13.1. The summed E-state index contributed by atoms with van der Waals surface area (Å²) in [7, 11) is 3.79. The maximum Gasteiger partial charge on any atom is 0.337 e. The number of anilines is 3. The zero-order chi connectivity index (χ0) is 25.9. The van der Waals surface area contributed by atoms with Crippen LogP contribution < -0.4 is 10.2 Å². The quantitative estimate of drug-likeness (QED) is 0.342. The van der Waals surface area contributed by atoms with E-state index in [1.807, 2.05) is 30.8 Å². The summed E-state index contributed by atoms with van der Waals surface area (Å²) in [4.78, 5) is 16.5. The van der Waals surface area contributed by atoms with Crippen molar-refractivity contribution in [3.63, 3.8) is 0 Å². The minimum absolute atomic E-state index is 0.238. The Labute approximate surface area is 213 Å². The van der Waals surface area contributed by atoms with Crippen LogP contribution in [0.1, 0.15) is 48.2 Å². The number of aromatic nitrogens is 3. The first kappa shape index (κ1) is 26.5. The van der Waals surface area contributed by atoms with E-state index in [0.717, 1.165) is 5.69 Å². The third kappa shape index (κ3) is 6.50. The van der Waals surface area contributed by atoms with E-state index in [9.17, 15) is 4.79 Å². The van der Waals surface area contributed by atoms with E-state index in [1.165, 1.54) is 66.6 Å². The van der Waals surface area contributed by atoms with Gasteiger partial charge in [0.05, 0.1) is 23.1 Å². The first-order chi connectivity index (χ1) is 17.6. The Morgan fingerprint density at radius 3 is 2.28 bits per heavy atom. The van der Waals surface area contributed by atoms with Crippen molar-refractivity contribution in [3.8, 4) is 5.69 Å².